The number of nitro benzene ring substituents is 1. The highest BCUT2D eigenvalue weighted by Gasteiger charge is 2.26. The van der Waals surface area contributed by atoms with Crippen molar-refractivity contribution in [2.24, 2.45) is 0 Å². The molecule has 94 valence electrons. The smallest absolute Gasteiger partial charge is 0.404 e. The van der Waals surface area contributed by atoms with Gasteiger partial charge in [0.1, 0.15) is 5.75 Å². The maximum absolute atomic E-state index is 11.8. The molecule has 1 aromatic rings. The molecule has 1 rings (SSSR count). The first-order valence-corrected chi connectivity index (χ1v) is 6.21. The van der Waals surface area contributed by atoms with E-state index >= 15 is 0 Å². The molecule has 0 unspecified atom stereocenters. The molecule has 0 fully saturated rings. The van der Waals surface area contributed by atoms with Crippen LogP contribution < -0.4 is 4.52 Å². The summed E-state index contributed by atoms with van der Waals surface area (Å²) in [7, 11) is -2.43. The molecule has 0 bridgehead atoms. The van der Waals surface area contributed by atoms with Gasteiger partial charge in [0, 0.05) is 19.2 Å². The summed E-state index contributed by atoms with van der Waals surface area (Å²) in [5.41, 5.74) is -0.0824. The quantitative estimate of drug-likeness (QED) is 0.444. The van der Waals surface area contributed by atoms with Gasteiger partial charge in [-0.25, -0.2) is 4.57 Å². The van der Waals surface area contributed by atoms with E-state index in [1.807, 2.05) is 0 Å². The lowest BCUT2D eigenvalue weighted by molar-refractivity contribution is -0.384. The number of non-ortho nitro benzene ring substituents is 1. The topological polar surface area (TPSA) is 87.9 Å². The highest BCUT2D eigenvalue weighted by Crippen LogP contribution is 2.48. The van der Waals surface area contributed by atoms with Gasteiger partial charge >= 0.3 is 7.82 Å². The fourth-order valence-electron chi connectivity index (χ4n) is 1.03. The summed E-state index contributed by atoms with van der Waals surface area (Å²) in [5.74, 6) is 0.175. The van der Waals surface area contributed by atoms with Gasteiger partial charge in [-0.2, -0.15) is 0 Å². The van der Waals surface area contributed by atoms with Gasteiger partial charge in [0.05, 0.1) is 11.5 Å². The number of phosphoric ester groups is 1. The summed E-state index contributed by atoms with van der Waals surface area (Å²) in [6.45, 7) is 1.81. The zero-order chi connectivity index (χ0) is 12.9. The molecule has 1 atom stereocenters. The van der Waals surface area contributed by atoms with Gasteiger partial charge in [-0.1, -0.05) is 0 Å². The highest BCUT2D eigenvalue weighted by atomic mass is 31.2. The molecule has 0 radical (unpaired) electrons. The third kappa shape index (κ3) is 3.81. The molecule has 17 heavy (non-hydrogen) atoms. The van der Waals surface area contributed by atoms with Crippen molar-refractivity contribution in [3.63, 3.8) is 0 Å². The van der Waals surface area contributed by atoms with Crippen molar-refractivity contribution in [3.05, 3.63) is 34.4 Å². The van der Waals surface area contributed by atoms with Crippen LogP contribution in [-0.2, 0) is 13.6 Å². The highest BCUT2D eigenvalue weighted by molar-refractivity contribution is 7.48. The first kappa shape index (κ1) is 13.6. The van der Waals surface area contributed by atoms with Crippen molar-refractivity contribution >= 4 is 13.5 Å². The molecular weight excluding hydrogens is 249 g/mol. The molecule has 1 aromatic carbocycles. The van der Waals surface area contributed by atoms with Crippen LogP contribution in [0, 0.1) is 10.1 Å². The van der Waals surface area contributed by atoms with E-state index in [4.69, 9.17) is 9.05 Å². The molecule has 0 aliphatic heterocycles. The maximum Gasteiger partial charge on any atom is 0.529 e. The van der Waals surface area contributed by atoms with Crippen molar-refractivity contribution in [1.29, 1.82) is 0 Å². The van der Waals surface area contributed by atoms with Crippen molar-refractivity contribution in [2.45, 2.75) is 6.92 Å². The summed E-state index contributed by atoms with van der Waals surface area (Å²) >= 11 is 0. The first-order valence-electron chi connectivity index (χ1n) is 4.75. The average Bonchev–Trinajstić information content (AvgIpc) is 2.30. The van der Waals surface area contributed by atoms with E-state index in [2.05, 4.69) is 4.52 Å². The molecule has 0 saturated carbocycles. The Morgan fingerprint density at radius 3 is 2.35 bits per heavy atom. The maximum atomic E-state index is 11.8. The molecule has 7 nitrogen and oxygen atoms in total. The van der Waals surface area contributed by atoms with E-state index in [9.17, 15) is 14.7 Å². The predicted octanol–water partition coefficient (Wildman–Crippen LogP) is 2.76. The Kier molecular flexibility index (Phi) is 4.62. The Morgan fingerprint density at radius 1 is 1.35 bits per heavy atom. The van der Waals surface area contributed by atoms with Crippen LogP contribution in [0.25, 0.3) is 0 Å². The Bertz CT molecular complexity index is 432. The molecule has 8 heteroatoms. The first-order chi connectivity index (χ1) is 8.00. The van der Waals surface area contributed by atoms with Crippen LogP contribution in [0.4, 0.5) is 5.69 Å². The van der Waals surface area contributed by atoms with Gasteiger partial charge in [0.15, 0.2) is 0 Å². The van der Waals surface area contributed by atoms with Crippen LogP contribution in [0.1, 0.15) is 6.92 Å². The van der Waals surface area contributed by atoms with Crippen molar-refractivity contribution in [2.75, 3.05) is 13.7 Å². The summed E-state index contributed by atoms with van der Waals surface area (Å²) in [4.78, 5) is 9.88. The standard InChI is InChI=1S/C9H12NO6P/c1-3-15-17(13,14-2)16-9-6-4-8(5-7-9)10(11)12/h4-7H,3H2,1-2H3/t17-/m1/s1. The lowest BCUT2D eigenvalue weighted by Gasteiger charge is -2.15. The minimum absolute atomic E-state index is 0.0824. The summed E-state index contributed by atoms with van der Waals surface area (Å²) in [6.07, 6.45) is 0. The van der Waals surface area contributed by atoms with Crippen LogP contribution in [-0.4, -0.2) is 18.6 Å². The molecule has 0 aromatic heterocycles. The van der Waals surface area contributed by atoms with Crippen molar-refractivity contribution in [3.8, 4) is 5.75 Å². The molecule has 0 spiro atoms. The van der Waals surface area contributed by atoms with Crippen LogP contribution in [0.3, 0.4) is 0 Å². The van der Waals surface area contributed by atoms with Gasteiger partial charge in [0.2, 0.25) is 0 Å². The lowest BCUT2D eigenvalue weighted by Crippen LogP contribution is -2.00. The van der Waals surface area contributed by atoms with Gasteiger partial charge in [-0.3, -0.25) is 19.2 Å². The van der Waals surface area contributed by atoms with E-state index in [-0.39, 0.29) is 18.0 Å². The second-order valence-electron chi connectivity index (χ2n) is 2.89. The van der Waals surface area contributed by atoms with Crippen molar-refractivity contribution < 1.29 is 23.1 Å². The fourth-order valence-corrected chi connectivity index (χ4v) is 1.96. The molecule has 0 N–H and O–H groups in total. The normalized spacial score (nSPS) is 14.0. The molecule has 0 aliphatic rings. The molecule has 0 saturated heterocycles. The minimum Gasteiger partial charge on any atom is -0.404 e. The number of phosphoric acid groups is 1. The molecule has 0 aliphatic carbocycles. The Hall–Kier alpha value is -1.43. The van der Waals surface area contributed by atoms with Crippen LogP contribution in [0.15, 0.2) is 24.3 Å². The number of hydrogen-bond acceptors (Lipinski definition) is 6. The zero-order valence-corrected chi connectivity index (χ0v) is 10.3. The Labute approximate surface area is 98.1 Å². The number of rotatable bonds is 6. The van der Waals surface area contributed by atoms with Gasteiger partial charge in [-0.05, 0) is 19.1 Å². The minimum atomic E-state index is -3.63. The molecular formula is C9H12NO6P. The fraction of sp³-hybridized carbons (Fsp3) is 0.333. The molecule has 0 heterocycles. The summed E-state index contributed by atoms with van der Waals surface area (Å²) in [5, 5.41) is 10.4. The Balaban J connectivity index is 2.81. The third-order valence-corrected chi connectivity index (χ3v) is 3.23. The van der Waals surface area contributed by atoms with Crippen LogP contribution in [0.5, 0.6) is 5.75 Å². The van der Waals surface area contributed by atoms with Crippen molar-refractivity contribution in [1.82, 2.24) is 0 Å². The van der Waals surface area contributed by atoms with E-state index in [0.29, 0.717) is 0 Å². The Morgan fingerprint density at radius 2 is 1.94 bits per heavy atom. The van der Waals surface area contributed by atoms with Gasteiger partial charge in [-0.15, -0.1) is 0 Å². The second kappa shape index (κ2) is 5.77. The second-order valence-corrected chi connectivity index (χ2v) is 4.59. The van der Waals surface area contributed by atoms with E-state index in [1.54, 1.807) is 6.92 Å². The van der Waals surface area contributed by atoms with Gasteiger partial charge < -0.3 is 4.52 Å². The average molecular weight is 261 g/mol. The largest absolute Gasteiger partial charge is 0.529 e. The number of nitrogens with zero attached hydrogens (tertiary/aromatic N) is 1. The lowest BCUT2D eigenvalue weighted by atomic mass is 10.3. The van der Waals surface area contributed by atoms with Crippen LogP contribution >= 0.6 is 7.82 Å². The third-order valence-electron chi connectivity index (χ3n) is 1.78. The monoisotopic (exact) mass is 261 g/mol. The molecule has 0 amide bonds. The zero-order valence-electron chi connectivity index (χ0n) is 9.36. The van der Waals surface area contributed by atoms with Crippen LogP contribution in [0.2, 0.25) is 0 Å². The number of hydrogen-bond donors (Lipinski definition) is 0. The summed E-state index contributed by atoms with van der Waals surface area (Å²) in [6, 6.07) is 5.12. The van der Waals surface area contributed by atoms with E-state index < -0.39 is 12.7 Å². The number of benzene rings is 1. The summed E-state index contributed by atoms with van der Waals surface area (Å²) < 4.78 is 26.3. The predicted molar refractivity (Wildman–Crippen MR) is 60.0 cm³/mol. The SMILES string of the molecule is CCO[P@@](=O)(OC)Oc1ccc([N+](=O)[O-])cc1. The van der Waals surface area contributed by atoms with E-state index in [1.165, 1.54) is 31.4 Å². The van der Waals surface area contributed by atoms with E-state index in [0.717, 1.165) is 0 Å². The number of nitro groups is 1. The van der Waals surface area contributed by atoms with Gasteiger partial charge in [0.25, 0.3) is 5.69 Å².